The maximum absolute atomic E-state index is 5.98. The van der Waals surface area contributed by atoms with Crippen molar-refractivity contribution in [1.29, 1.82) is 0 Å². The Morgan fingerprint density at radius 3 is 2.45 bits per heavy atom. The smallest absolute Gasteiger partial charge is 0.0587 e. The van der Waals surface area contributed by atoms with E-state index >= 15 is 0 Å². The van der Waals surface area contributed by atoms with Crippen LogP contribution in [0.2, 0.25) is 5.02 Å². The molecule has 114 valence electrons. The number of nitrogens with one attached hydrogen (secondary N) is 1. The van der Waals surface area contributed by atoms with Crippen LogP contribution in [0, 0.1) is 5.92 Å². The number of hydrogen-bond acceptors (Lipinski definition) is 2. The summed E-state index contributed by atoms with van der Waals surface area (Å²) in [6, 6.07) is 8.28. The minimum absolute atomic E-state index is 0.558. The highest BCUT2D eigenvalue weighted by molar-refractivity contribution is 6.30. The van der Waals surface area contributed by atoms with Crippen LogP contribution in [0.5, 0.6) is 0 Å². The molecule has 0 saturated heterocycles. The molecule has 0 radical (unpaired) electrons. The van der Waals surface area contributed by atoms with Crippen LogP contribution in [0.4, 0.5) is 0 Å². The van der Waals surface area contributed by atoms with Crippen molar-refractivity contribution in [3.63, 3.8) is 0 Å². The first-order chi connectivity index (χ1) is 9.63. The lowest BCUT2D eigenvalue weighted by molar-refractivity contribution is 0.198. The second-order valence-electron chi connectivity index (χ2n) is 5.77. The summed E-state index contributed by atoms with van der Waals surface area (Å²) in [6.07, 6.45) is 3.79. The SMILES string of the molecule is COCCNCC(CCCC(C)C)c1ccc(Cl)cc1. The maximum atomic E-state index is 5.98. The van der Waals surface area contributed by atoms with Gasteiger partial charge in [-0.05, 0) is 36.0 Å². The molecule has 1 N–H and O–H groups in total. The number of halogens is 1. The molecule has 0 bridgehead atoms. The highest BCUT2D eigenvalue weighted by Crippen LogP contribution is 2.24. The van der Waals surface area contributed by atoms with E-state index < -0.39 is 0 Å². The highest BCUT2D eigenvalue weighted by atomic mass is 35.5. The van der Waals surface area contributed by atoms with Gasteiger partial charge >= 0.3 is 0 Å². The van der Waals surface area contributed by atoms with E-state index in [1.807, 2.05) is 12.1 Å². The maximum Gasteiger partial charge on any atom is 0.0587 e. The van der Waals surface area contributed by atoms with Crippen molar-refractivity contribution < 1.29 is 4.74 Å². The van der Waals surface area contributed by atoms with Gasteiger partial charge in [-0.3, -0.25) is 0 Å². The quantitative estimate of drug-likeness (QED) is 0.643. The number of ether oxygens (including phenoxy) is 1. The lowest BCUT2D eigenvalue weighted by Gasteiger charge is -2.19. The zero-order valence-electron chi connectivity index (χ0n) is 13.0. The number of rotatable bonds is 10. The molecule has 1 unspecified atom stereocenters. The summed E-state index contributed by atoms with van der Waals surface area (Å²) < 4.78 is 5.08. The average molecular weight is 298 g/mol. The monoisotopic (exact) mass is 297 g/mol. The van der Waals surface area contributed by atoms with E-state index in [4.69, 9.17) is 16.3 Å². The molecule has 0 heterocycles. The summed E-state index contributed by atoms with van der Waals surface area (Å²) in [5, 5.41) is 4.29. The van der Waals surface area contributed by atoms with Gasteiger partial charge in [0.25, 0.3) is 0 Å². The largest absolute Gasteiger partial charge is 0.383 e. The summed E-state index contributed by atoms with van der Waals surface area (Å²) in [7, 11) is 1.74. The normalized spacial score (nSPS) is 12.8. The second kappa shape index (κ2) is 10.2. The molecule has 1 aromatic rings. The van der Waals surface area contributed by atoms with Crippen LogP contribution in [0.15, 0.2) is 24.3 Å². The molecule has 20 heavy (non-hydrogen) atoms. The van der Waals surface area contributed by atoms with Gasteiger partial charge in [0.1, 0.15) is 0 Å². The van der Waals surface area contributed by atoms with E-state index in [1.54, 1.807) is 7.11 Å². The molecule has 3 heteroatoms. The zero-order valence-corrected chi connectivity index (χ0v) is 13.7. The Bertz CT molecular complexity index is 351. The van der Waals surface area contributed by atoms with Crippen molar-refractivity contribution >= 4 is 11.6 Å². The highest BCUT2D eigenvalue weighted by Gasteiger charge is 2.11. The Labute approximate surface area is 128 Å². The van der Waals surface area contributed by atoms with Crippen LogP contribution in [0.25, 0.3) is 0 Å². The number of methoxy groups -OCH3 is 1. The third kappa shape index (κ3) is 7.28. The molecule has 0 saturated carbocycles. The Balaban J connectivity index is 2.51. The summed E-state index contributed by atoms with van der Waals surface area (Å²) in [5.41, 5.74) is 1.38. The fraction of sp³-hybridized carbons (Fsp3) is 0.647. The van der Waals surface area contributed by atoms with E-state index in [0.29, 0.717) is 5.92 Å². The molecule has 0 aliphatic rings. The van der Waals surface area contributed by atoms with Crippen molar-refractivity contribution in [2.24, 2.45) is 5.92 Å². The summed E-state index contributed by atoms with van der Waals surface area (Å²) >= 11 is 5.98. The molecule has 0 fully saturated rings. The van der Waals surface area contributed by atoms with E-state index in [0.717, 1.165) is 30.6 Å². The molecule has 1 aromatic carbocycles. The van der Waals surface area contributed by atoms with Gasteiger partial charge in [0.05, 0.1) is 6.61 Å². The molecular weight excluding hydrogens is 270 g/mol. The molecule has 0 spiro atoms. The predicted molar refractivity (Wildman–Crippen MR) is 87.6 cm³/mol. The molecular formula is C17H28ClNO. The van der Waals surface area contributed by atoms with Crippen molar-refractivity contribution in [1.82, 2.24) is 5.32 Å². The summed E-state index contributed by atoms with van der Waals surface area (Å²) in [6.45, 7) is 7.25. The van der Waals surface area contributed by atoms with Crippen LogP contribution in [-0.4, -0.2) is 26.8 Å². The van der Waals surface area contributed by atoms with Crippen LogP contribution in [0.3, 0.4) is 0 Å². The topological polar surface area (TPSA) is 21.3 Å². The lowest BCUT2D eigenvalue weighted by atomic mass is 9.92. The first kappa shape index (κ1) is 17.5. The molecule has 1 atom stereocenters. The van der Waals surface area contributed by atoms with Crippen molar-refractivity contribution in [2.75, 3.05) is 26.8 Å². The molecule has 2 nitrogen and oxygen atoms in total. The molecule has 0 aromatic heterocycles. The number of benzene rings is 1. The van der Waals surface area contributed by atoms with Crippen molar-refractivity contribution in [3.05, 3.63) is 34.9 Å². The van der Waals surface area contributed by atoms with Gasteiger partial charge in [-0.2, -0.15) is 0 Å². The van der Waals surface area contributed by atoms with Gasteiger partial charge in [-0.25, -0.2) is 0 Å². The lowest BCUT2D eigenvalue weighted by Crippen LogP contribution is -2.25. The average Bonchev–Trinajstić information content (AvgIpc) is 2.42. The minimum atomic E-state index is 0.558. The Kier molecular flexibility index (Phi) is 8.92. The van der Waals surface area contributed by atoms with E-state index in [1.165, 1.54) is 24.8 Å². The zero-order chi connectivity index (χ0) is 14.8. The molecule has 0 aliphatic carbocycles. The second-order valence-corrected chi connectivity index (χ2v) is 6.21. The van der Waals surface area contributed by atoms with Crippen LogP contribution >= 0.6 is 11.6 Å². The van der Waals surface area contributed by atoms with Gasteiger partial charge in [-0.1, -0.05) is 50.4 Å². The minimum Gasteiger partial charge on any atom is -0.383 e. The Morgan fingerprint density at radius 2 is 1.85 bits per heavy atom. The fourth-order valence-electron chi connectivity index (χ4n) is 2.34. The van der Waals surface area contributed by atoms with Crippen molar-refractivity contribution in [3.8, 4) is 0 Å². The van der Waals surface area contributed by atoms with Gasteiger partial charge in [0, 0.05) is 25.2 Å². The Morgan fingerprint density at radius 1 is 1.15 bits per heavy atom. The van der Waals surface area contributed by atoms with Gasteiger partial charge in [-0.15, -0.1) is 0 Å². The van der Waals surface area contributed by atoms with Gasteiger partial charge < -0.3 is 10.1 Å². The number of hydrogen-bond donors (Lipinski definition) is 1. The third-order valence-electron chi connectivity index (χ3n) is 3.55. The predicted octanol–water partition coefficient (Wildman–Crippen LogP) is 4.49. The van der Waals surface area contributed by atoms with Crippen molar-refractivity contribution in [2.45, 2.75) is 39.0 Å². The third-order valence-corrected chi connectivity index (χ3v) is 3.80. The van der Waals surface area contributed by atoms with E-state index in [2.05, 4.69) is 31.3 Å². The molecule has 0 aliphatic heterocycles. The van der Waals surface area contributed by atoms with Crippen LogP contribution < -0.4 is 5.32 Å². The van der Waals surface area contributed by atoms with Crippen LogP contribution in [-0.2, 0) is 4.74 Å². The summed E-state index contributed by atoms with van der Waals surface area (Å²) in [4.78, 5) is 0. The first-order valence-corrected chi connectivity index (χ1v) is 7.96. The molecule has 1 rings (SSSR count). The first-order valence-electron chi connectivity index (χ1n) is 7.58. The van der Waals surface area contributed by atoms with Gasteiger partial charge in [0.15, 0.2) is 0 Å². The summed E-state index contributed by atoms with van der Waals surface area (Å²) in [5.74, 6) is 1.34. The standard InChI is InChI=1S/C17H28ClNO/c1-14(2)5-4-6-16(13-19-11-12-20-3)15-7-9-17(18)10-8-15/h7-10,14,16,19H,4-6,11-13H2,1-3H3. The van der Waals surface area contributed by atoms with Gasteiger partial charge in [0.2, 0.25) is 0 Å². The van der Waals surface area contributed by atoms with Crippen LogP contribution in [0.1, 0.15) is 44.6 Å². The van der Waals surface area contributed by atoms with E-state index in [9.17, 15) is 0 Å². The molecule has 0 amide bonds. The fourth-order valence-corrected chi connectivity index (χ4v) is 2.47. The van der Waals surface area contributed by atoms with E-state index in [-0.39, 0.29) is 0 Å². The Hall–Kier alpha value is -0.570.